The molecule has 1 saturated heterocycles. The molecule has 2 N–H and O–H groups in total. The van der Waals surface area contributed by atoms with Gasteiger partial charge in [0.2, 0.25) is 0 Å². The number of methoxy groups -OCH3 is 1. The fourth-order valence-corrected chi connectivity index (χ4v) is 1.89. The van der Waals surface area contributed by atoms with E-state index in [2.05, 4.69) is 17.0 Å². The molecule has 0 saturated carbocycles. The summed E-state index contributed by atoms with van der Waals surface area (Å²) in [4.78, 5) is 2.29. The first-order valence-electron chi connectivity index (χ1n) is 5.54. The summed E-state index contributed by atoms with van der Waals surface area (Å²) in [5.74, 6) is 0.882. The molecule has 4 heteroatoms. The van der Waals surface area contributed by atoms with Crippen LogP contribution >= 0.6 is 0 Å². The summed E-state index contributed by atoms with van der Waals surface area (Å²) in [5.41, 5.74) is 6.81. The highest BCUT2D eigenvalue weighted by Crippen LogP contribution is 2.21. The van der Waals surface area contributed by atoms with Gasteiger partial charge in [0.15, 0.2) is 0 Å². The monoisotopic (exact) mass is 222 g/mol. The van der Waals surface area contributed by atoms with Crippen LogP contribution in [0.15, 0.2) is 24.3 Å². The van der Waals surface area contributed by atoms with Crippen LogP contribution in [0.25, 0.3) is 0 Å². The Morgan fingerprint density at radius 2 is 2.19 bits per heavy atom. The summed E-state index contributed by atoms with van der Waals surface area (Å²) in [5, 5.41) is 0. The van der Waals surface area contributed by atoms with Gasteiger partial charge in [-0.25, -0.2) is 0 Å². The molecule has 0 aliphatic carbocycles. The second kappa shape index (κ2) is 5.18. The normalized spacial score (nSPS) is 20.9. The van der Waals surface area contributed by atoms with E-state index in [1.54, 1.807) is 7.11 Å². The predicted octanol–water partition coefficient (Wildman–Crippen LogP) is 0.859. The van der Waals surface area contributed by atoms with Crippen molar-refractivity contribution < 1.29 is 9.47 Å². The fraction of sp³-hybridized carbons (Fsp3) is 0.500. The van der Waals surface area contributed by atoms with Crippen molar-refractivity contribution in [3.8, 4) is 5.75 Å². The van der Waals surface area contributed by atoms with Crippen molar-refractivity contribution in [2.45, 2.75) is 6.10 Å². The number of ether oxygens (including phenoxy) is 2. The maximum atomic E-state index is 5.62. The smallest absolute Gasteiger partial charge is 0.119 e. The molecule has 1 aromatic carbocycles. The van der Waals surface area contributed by atoms with Gasteiger partial charge in [-0.15, -0.1) is 0 Å². The molecular weight excluding hydrogens is 204 g/mol. The van der Waals surface area contributed by atoms with E-state index >= 15 is 0 Å². The van der Waals surface area contributed by atoms with Crippen LogP contribution in [0.1, 0.15) is 0 Å². The summed E-state index contributed by atoms with van der Waals surface area (Å²) in [7, 11) is 1.67. The number of nitrogens with zero attached hydrogens (tertiary/aromatic N) is 1. The number of rotatable bonds is 3. The van der Waals surface area contributed by atoms with Gasteiger partial charge in [-0.3, -0.25) is 0 Å². The fourth-order valence-electron chi connectivity index (χ4n) is 1.89. The quantitative estimate of drug-likeness (QED) is 0.824. The molecule has 1 atom stereocenters. The van der Waals surface area contributed by atoms with Gasteiger partial charge in [-0.05, 0) is 24.3 Å². The minimum atomic E-state index is 0.149. The van der Waals surface area contributed by atoms with E-state index in [0.717, 1.165) is 25.4 Å². The lowest BCUT2D eigenvalue weighted by molar-refractivity contribution is 0.0466. The zero-order valence-electron chi connectivity index (χ0n) is 9.56. The largest absolute Gasteiger partial charge is 0.497 e. The first-order chi connectivity index (χ1) is 7.83. The summed E-state index contributed by atoms with van der Waals surface area (Å²) in [6.45, 7) is 3.10. The highest BCUT2D eigenvalue weighted by atomic mass is 16.5. The molecule has 1 aromatic rings. The third-order valence-electron chi connectivity index (χ3n) is 2.84. The molecule has 0 amide bonds. The van der Waals surface area contributed by atoms with Gasteiger partial charge in [-0.2, -0.15) is 0 Å². The number of morpholine rings is 1. The molecule has 88 valence electrons. The summed E-state index contributed by atoms with van der Waals surface area (Å²) in [6.07, 6.45) is 0.149. The Morgan fingerprint density at radius 1 is 1.44 bits per heavy atom. The Hall–Kier alpha value is -1.26. The molecule has 1 unspecified atom stereocenters. The van der Waals surface area contributed by atoms with E-state index < -0.39 is 0 Å². The van der Waals surface area contributed by atoms with Gasteiger partial charge < -0.3 is 20.1 Å². The van der Waals surface area contributed by atoms with E-state index in [9.17, 15) is 0 Å². The maximum Gasteiger partial charge on any atom is 0.119 e. The van der Waals surface area contributed by atoms with Crippen molar-refractivity contribution >= 4 is 5.69 Å². The topological polar surface area (TPSA) is 47.7 Å². The van der Waals surface area contributed by atoms with Gasteiger partial charge >= 0.3 is 0 Å². The minimum absolute atomic E-state index is 0.149. The lowest BCUT2D eigenvalue weighted by Crippen LogP contribution is -2.45. The van der Waals surface area contributed by atoms with Crippen molar-refractivity contribution in [3.63, 3.8) is 0 Å². The molecule has 0 aromatic heterocycles. The van der Waals surface area contributed by atoms with Crippen molar-refractivity contribution in [3.05, 3.63) is 24.3 Å². The third kappa shape index (κ3) is 2.46. The number of benzene rings is 1. The molecule has 1 aliphatic rings. The Labute approximate surface area is 95.9 Å². The Balaban J connectivity index is 2.05. The predicted molar refractivity (Wildman–Crippen MR) is 64.0 cm³/mol. The summed E-state index contributed by atoms with van der Waals surface area (Å²) in [6, 6.07) is 8.08. The van der Waals surface area contributed by atoms with E-state index in [1.165, 1.54) is 5.69 Å². The van der Waals surface area contributed by atoms with Crippen LogP contribution in [-0.4, -0.2) is 39.5 Å². The second-order valence-corrected chi connectivity index (χ2v) is 3.87. The Kier molecular flexibility index (Phi) is 3.64. The molecule has 1 fully saturated rings. The molecular formula is C12H18N2O2. The van der Waals surface area contributed by atoms with Gasteiger partial charge in [0, 0.05) is 25.3 Å². The molecule has 0 radical (unpaired) electrons. The summed E-state index contributed by atoms with van der Waals surface area (Å²) < 4.78 is 10.7. The van der Waals surface area contributed by atoms with Crippen LogP contribution < -0.4 is 15.4 Å². The highest BCUT2D eigenvalue weighted by molar-refractivity contribution is 5.49. The average molecular weight is 222 g/mol. The number of nitrogens with two attached hydrogens (primary N) is 1. The molecule has 2 rings (SSSR count). The number of anilines is 1. The van der Waals surface area contributed by atoms with Crippen LogP contribution in [-0.2, 0) is 4.74 Å². The van der Waals surface area contributed by atoms with Gasteiger partial charge in [0.05, 0.1) is 19.8 Å². The number of hydrogen-bond acceptors (Lipinski definition) is 4. The first kappa shape index (κ1) is 11.2. The van der Waals surface area contributed by atoms with Gasteiger partial charge in [0.1, 0.15) is 5.75 Å². The Morgan fingerprint density at radius 3 is 2.81 bits per heavy atom. The van der Waals surface area contributed by atoms with Crippen LogP contribution in [0.2, 0.25) is 0 Å². The molecule has 0 spiro atoms. The van der Waals surface area contributed by atoms with Gasteiger partial charge in [0.25, 0.3) is 0 Å². The molecule has 1 aliphatic heterocycles. The van der Waals surface area contributed by atoms with Crippen molar-refractivity contribution in [1.82, 2.24) is 0 Å². The van der Waals surface area contributed by atoms with Crippen LogP contribution in [0.4, 0.5) is 5.69 Å². The standard InChI is InChI=1S/C12H18N2O2/c1-15-11-4-2-10(3-5-11)14-6-7-16-12(8-13)9-14/h2-5,12H,6-9,13H2,1H3. The maximum absolute atomic E-state index is 5.62. The van der Waals surface area contributed by atoms with E-state index in [-0.39, 0.29) is 6.10 Å². The molecule has 4 nitrogen and oxygen atoms in total. The van der Waals surface area contributed by atoms with E-state index in [1.807, 2.05) is 12.1 Å². The SMILES string of the molecule is COc1ccc(N2CCOC(CN)C2)cc1. The number of hydrogen-bond donors (Lipinski definition) is 1. The van der Waals surface area contributed by atoms with Gasteiger partial charge in [-0.1, -0.05) is 0 Å². The van der Waals surface area contributed by atoms with Crippen LogP contribution in [0, 0.1) is 0 Å². The minimum Gasteiger partial charge on any atom is -0.497 e. The van der Waals surface area contributed by atoms with E-state index in [0.29, 0.717) is 6.54 Å². The van der Waals surface area contributed by atoms with Crippen LogP contribution in [0.5, 0.6) is 5.75 Å². The molecule has 16 heavy (non-hydrogen) atoms. The zero-order chi connectivity index (χ0) is 11.4. The van der Waals surface area contributed by atoms with Crippen molar-refractivity contribution in [2.24, 2.45) is 5.73 Å². The van der Waals surface area contributed by atoms with Crippen molar-refractivity contribution in [1.29, 1.82) is 0 Å². The average Bonchev–Trinajstić information content (AvgIpc) is 2.39. The first-order valence-corrected chi connectivity index (χ1v) is 5.54. The lowest BCUT2D eigenvalue weighted by atomic mass is 10.2. The lowest BCUT2D eigenvalue weighted by Gasteiger charge is -2.34. The summed E-state index contributed by atoms with van der Waals surface area (Å²) >= 11 is 0. The second-order valence-electron chi connectivity index (χ2n) is 3.87. The van der Waals surface area contributed by atoms with E-state index in [4.69, 9.17) is 15.2 Å². The third-order valence-corrected chi connectivity index (χ3v) is 2.84. The van der Waals surface area contributed by atoms with Crippen molar-refractivity contribution in [2.75, 3.05) is 38.3 Å². The zero-order valence-corrected chi connectivity index (χ0v) is 9.56. The Bertz CT molecular complexity index is 326. The molecule has 0 bridgehead atoms. The molecule has 1 heterocycles. The highest BCUT2D eigenvalue weighted by Gasteiger charge is 2.19. The van der Waals surface area contributed by atoms with Crippen LogP contribution in [0.3, 0.4) is 0 Å².